The first-order valence-electron chi connectivity index (χ1n) is 5.92. The molecule has 0 bridgehead atoms. The van der Waals surface area contributed by atoms with Crippen LogP contribution in [0.25, 0.3) is 0 Å². The van der Waals surface area contributed by atoms with Crippen molar-refractivity contribution in [2.24, 2.45) is 0 Å². The van der Waals surface area contributed by atoms with Crippen LogP contribution >= 0.6 is 15.9 Å². The van der Waals surface area contributed by atoms with E-state index in [2.05, 4.69) is 86.0 Å². The summed E-state index contributed by atoms with van der Waals surface area (Å²) in [5.41, 5.74) is 6.02. The molecular weight excluding hydrogens is 288 g/mol. The summed E-state index contributed by atoms with van der Waals surface area (Å²) >= 11 is 3.57. The van der Waals surface area contributed by atoms with Gasteiger partial charge in [-0.3, -0.25) is 0 Å². The third kappa shape index (κ3) is 5.10. The van der Waals surface area contributed by atoms with E-state index in [1.807, 2.05) is 0 Å². The van der Waals surface area contributed by atoms with Gasteiger partial charge < -0.3 is 0 Å². The third-order valence-corrected chi connectivity index (χ3v) is 3.68. The van der Waals surface area contributed by atoms with Crippen molar-refractivity contribution in [1.29, 1.82) is 0 Å². The van der Waals surface area contributed by atoms with Crippen molar-refractivity contribution in [3.8, 4) is 11.5 Å². The summed E-state index contributed by atoms with van der Waals surface area (Å²) in [7, 11) is -1.30. The molecule has 1 aromatic carbocycles. The molecule has 0 fully saturated rings. The van der Waals surface area contributed by atoms with Gasteiger partial charge in [-0.2, -0.15) is 0 Å². The maximum atomic E-state index is 3.57. The first-order chi connectivity index (χ1) is 7.58. The number of rotatable bonds is 0. The number of halogens is 1. The van der Waals surface area contributed by atoms with Crippen LogP contribution < -0.4 is 0 Å². The van der Waals surface area contributed by atoms with Crippen LogP contribution in [-0.2, 0) is 5.41 Å². The molecule has 0 aliphatic carbocycles. The molecular formula is C15H21BrSi. The van der Waals surface area contributed by atoms with Crippen molar-refractivity contribution in [1.82, 2.24) is 0 Å². The Labute approximate surface area is 115 Å². The van der Waals surface area contributed by atoms with Crippen LogP contribution in [0.5, 0.6) is 0 Å². The van der Waals surface area contributed by atoms with E-state index in [1.54, 1.807) is 0 Å². The van der Waals surface area contributed by atoms with E-state index in [0.29, 0.717) is 0 Å². The summed E-state index contributed by atoms with van der Waals surface area (Å²) in [6.45, 7) is 13.5. The number of benzene rings is 1. The molecule has 0 unspecified atom stereocenters. The van der Waals surface area contributed by atoms with E-state index in [4.69, 9.17) is 0 Å². The van der Waals surface area contributed by atoms with Gasteiger partial charge in [0.25, 0.3) is 0 Å². The molecule has 0 saturated heterocycles. The van der Waals surface area contributed by atoms with Gasteiger partial charge in [-0.25, -0.2) is 0 Å². The molecule has 0 amide bonds. The van der Waals surface area contributed by atoms with Gasteiger partial charge in [0.1, 0.15) is 8.07 Å². The summed E-state index contributed by atoms with van der Waals surface area (Å²) in [6, 6.07) is 6.49. The molecule has 0 aliphatic heterocycles. The van der Waals surface area contributed by atoms with E-state index in [0.717, 1.165) is 10.0 Å². The number of hydrogen-bond acceptors (Lipinski definition) is 0. The summed E-state index contributed by atoms with van der Waals surface area (Å²) in [4.78, 5) is 0. The molecule has 0 aliphatic rings. The van der Waals surface area contributed by atoms with Crippen LogP contribution in [0.4, 0.5) is 0 Å². The Bertz CT molecular complexity index is 464. The molecule has 1 aromatic rings. The summed E-state index contributed by atoms with van der Waals surface area (Å²) < 4.78 is 1.12. The molecule has 0 N–H and O–H groups in total. The fourth-order valence-corrected chi connectivity index (χ4v) is 2.37. The van der Waals surface area contributed by atoms with Gasteiger partial charge >= 0.3 is 0 Å². The highest BCUT2D eigenvalue weighted by atomic mass is 79.9. The smallest absolute Gasteiger partial charge is 0.127 e. The molecule has 0 radical (unpaired) electrons. The Morgan fingerprint density at radius 2 is 1.65 bits per heavy atom. The van der Waals surface area contributed by atoms with Crippen LogP contribution in [0, 0.1) is 11.5 Å². The zero-order valence-electron chi connectivity index (χ0n) is 11.6. The summed E-state index contributed by atoms with van der Waals surface area (Å²) in [5, 5.41) is 0. The third-order valence-electron chi connectivity index (χ3n) is 2.35. The van der Waals surface area contributed by atoms with Gasteiger partial charge in [-0.1, -0.05) is 62.3 Å². The molecule has 0 nitrogen and oxygen atoms in total. The second-order valence-corrected chi connectivity index (χ2v) is 12.1. The maximum absolute atomic E-state index is 3.57. The van der Waals surface area contributed by atoms with Crippen LogP contribution in [-0.4, -0.2) is 8.07 Å². The lowest BCUT2D eigenvalue weighted by Gasteiger charge is -2.19. The average Bonchev–Trinajstić information content (AvgIpc) is 2.11. The Kier molecular flexibility index (Phi) is 4.27. The summed E-state index contributed by atoms with van der Waals surface area (Å²) in [6.07, 6.45) is 0. The molecule has 2 heteroatoms. The Balaban J connectivity index is 3.18. The minimum absolute atomic E-state index is 0.166. The second-order valence-electron chi connectivity index (χ2n) is 6.48. The van der Waals surface area contributed by atoms with E-state index < -0.39 is 8.07 Å². The molecule has 0 aromatic heterocycles. The Hall–Kier alpha value is -0.523. The lowest BCUT2D eigenvalue weighted by Crippen LogP contribution is -2.16. The first-order valence-corrected chi connectivity index (χ1v) is 10.2. The predicted molar refractivity (Wildman–Crippen MR) is 83.1 cm³/mol. The topological polar surface area (TPSA) is 0 Å². The van der Waals surface area contributed by atoms with Crippen LogP contribution in [0.1, 0.15) is 31.9 Å². The Morgan fingerprint density at radius 1 is 1.06 bits per heavy atom. The predicted octanol–water partition coefficient (Wildman–Crippen LogP) is 4.98. The highest BCUT2D eigenvalue weighted by Gasteiger charge is 2.14. The van der Waals surface area contributed by atoms with Gasteiger partial charge in [-0.05, 0) is 29.2 Å². The zero-order valence-corrected chi connectivity index (χ0v) is 14.2. The van der Waals surface area contributed by atoms with Crippen LogP contribution in [0.15, 0.2) is 22.7 Å². The van der Waals surface area contributed by atoms with E-state index in [9.17, 15) is 0 Å². The van der Waals surface area contributed by atoms with E-state index in [1.165, 1.54) is 5.56 Å². The SMILES string of the molecule is CC(C)(C)c1cc(Br)cc(C#C[Si](C)(C)C)c1. The molecule has 0 atom stereocenters. The van der Waals surface area contributed by atoms with Gasteiger partial charge in [-0.15, -0.1) is 5.54 Å². The number of hydrogen-bond donors (Lipinski definition) is 0. The highest BCUT2D eigenvalue weighted by Crippen LogP contribution is 2.26. The molecule has 17 heavy (non-hydrogen) atoms. The highest BCUT2D eigenvalue weighted by molar-refractivity contribution is 9.10. The second kappa shape index (κ2) is 5.00. The van der Waals surface area contributed by atoms with Gasteiger partial charge in [0.2, 0.25) is 0 Å². The normalized spacial score (nSPS) is 11.9. The summed E-state index contributed by atoms with van der Waals surface area (Å²) in [5.74, 6) is 3.32. The minimum atomic E-state index is -1.30. The minimum Gasteiger partial charge on any atom is -0.127 e. The van der Waals surface area contributed by atoms with Crippen molar-refractivity contribution in [3.63, 3.8) is 0 Å². The zero-order chi connectivity index (χ0) is 13.3. The van der Waals surface area contributed by atoms with Gasteiger partial charge in [0.05, 0.1) is 0 Å². The van der Waals surface area contributed by atoms with Crippen molar-refractivity contribution in [3.05, 3.63) is 33.8 Å². The Morgan fingerprint density at radius 3 is 2.12 bits per heavy atom. The maximum Gasteiger partial charge on any atom is 0.129 e. The van der Waals surface area contributed by atoms with E-state index in [-0.39, 0.29) is 5.41 Å². The van der Waals surface area contributed by atoms with Gasteiger partial charge in [0.15, 0.2) is 0 Å². The molecule has 0 spiro atoms. The first kappa shape index (κ1) is 14.5. The molecule has 0 saturated carbocycles. The van der Waals surface area contributed by atoms with E-state index >= 15 is 0 Å². The average molecular weight is 309 g/mol. The largest absolute Gasteiger partial charge is 0.129 e. The molecule has 0 heterocycles. The standard InChI is InChI=1S/C15H21BrSi/c1-15(2,3)13-9-12(10-14(16)11-13)7-8-17(4,5)6/h9-11H,1-6H3. The van der Waals surface area contributed by atoms with Crippen LogP contribution in [0.2, 0.25) is 19.6 Å². The molecule has 1 rings (SSSR count). The molecule has 92 valence electrons. The monoisotopic (exact) mass is 308 g/mol. The lowest BCUT2D eigenvalue weighted by molar-refractivity contribution is 0.589. The lowest BCUT2D eigenvalue weighted by atomic mass is 9.86. The van der Waals surface area contributed by atoms with Crippen molar-refractivity contribution >= 4 is 24.0 Å². The quantitative estimate of drug-likeness (QED) is 0.468. The van der Waals surface area contributed by atoms with Crippen molar-refractivity contribution in [2.45, 2.75) is 45.8 Å². The van der Waals surface area contributed by atoms with Crippen LogP contribution in [0.3, 0.4) is 0 Å². The van der Waals surface area contributed by atoms with Crippen molar-refractivity contribution < 1.29 is 0 Å². The fraction of sp³-hybridized carbons (Fsp3) is 0.467. The van der Waals surface area contributed by atoms with Gasteiger partial charge in [0, 0.05) is 10.0 Å². The fourth-order valence-electron chi connectivity index (χ4n) is 1.35. The van der Waals surface area contributed by atoms with Crippen molar-refractivity contribution in [2.75, 3.05) is 0 Å².